The van der Waals surface area contributed by atoms with Crippen molar-refractivity contribution in [3.8, 4) is 0 Å². The largest absolute Gasteiger partial charge is 0.402 e. The Labute approximate surface area is 162 Å². The second kappa shape index (κ2) is 8.78. The summed E-state index contributed by atoms with van der Waals surface area (Å²) in [6, 6.07) is 1.24. The zero-order valence-electron chi connectivity index (χ0n) is 16.9. The quantitative estimate of drug-likeness (QED) is 0.680. The van der Waals surface area contributed by atoms with Crippen LogP contribution in [0.15, 0.2) is 22.1 Å². The summed E-state index contributed by atoms with van der Waals surface area (Å²) < 4.78 is 5.35. The highest BCUT2D eigenvalue weighted by molar-refractivity contribution is 5.71. The molecule has 1 aromatic rings. The summed E-state index contributed by atoms with van der Waals surface area (Å²) in [6.07, 6.45) is 9.64. The molecule has 2 heterocycles. The van der Waals surface area contributed by atoms with E-state index in [1.54, 1.807) is 6.92 Å². The third kappa shape index (κ3) is 5.03. The molecule has 0 spiro atoms. The average molecular weight is 375 g/mol. The lowest BCUT2D eigenvalue weighted by Crippen LogP contribution is -2.52. The lowest BCUT2D eigenvalue weighted by atomic mass is 9.89. The summed E-state index contributed by atoms with van der Waals surface area (Å²) in [5.74, 6) is 2.19. The van der Waals surface area contributed by atoms with Crippen LogP contribution in [-0.4, -0.2) is 40.2 Å². The highest BCUT2D eigenvalue weighted by Crippen LogP contribution is 2.26. The van der Waals surface area contributed by atoms with Crippen LogP contribution in [0.2, 0.25) is 0 Å². The second-order valence-corrected chi connectivity index (χ2v) is 8.15. The smallest absolute Gasteiger partial charge is 0.261 e. The molecular weight excluding hydrogens is 340 g/mol. The first kappa shape index (κ1) is 19.7. The van der Waals surface area contributed by atoms with Crippen molar-refractivity contribution in [3.63, 3.8) is 0 Å². The lowest BCUT2D eigenvalue weighted by Gasteiger charge is -2.41. The fourth-order valence-electron chi connectivity index (χ4n) is 4.23. The van der Waals surface area contributed by atoms with Crippen LogP contribution in [0.4, 0.5) is 0 Å². The Morgan fingerprint density at radius 3 is 2.56 bits per heavy atom. The Morgan fingerprint density at radius 2 is 1.96 bits per heavy atom. The Kier molecular flexibility index (Phi) is 6.42. The van der Waals surface area contributed by atoms with Gasteiger partial charge in [0.05, 0.1) is 5.57 Å². The van der Waals surface area contributed by atoms with Crippen LogP contribution < -0.4 is 16.8 Å². The molecule has 7 heteroatoms. The average Bonchev–Trinajstić information content (AvgIpc) is 3.07. The normalized spacial score (nSPS) is 26.2. The van der Waals surface area contributed by atoms with E-state index in [2.05, 4.69) is 27.3 Å². The van der Waals surface area contributed by atoms with Gasteiger partial charge in [0.2, 0.25) is 0 Å². The molecule has 5 N–H and O–H groups in total. The molecule has 1 saturated carbocycles. The number of aromatic nitrogens is 2. The topological polar surface area (TPSA) is 106 Å². The van der Waals surface area contributed by atoms with Gasteiger partial charge >= 0.3 is 0 Å². The van der Waals surface area contributed by atoms with Gasteiger partial charge in [-0.25, -0.2) is 0 Å². The molecule has 1 aliphatic heterocycles. The van der Waals surface area contributed by atoms with Crippen molar-refractivity contribution in [2.75, 3.05) is 13.1 Å². The molecule has 27 heavy (non-hydrogen) atoms. The summed E-state index contributed by atoms with van der Waals surface area (Å²) in [7, 11) is 0. The van der Waals surface area contributed by atoms with Crippen molar-refractivity contribution in [1.29, 1.82) is 0 Å². The number of hydrogen-bond donors (Lipinski definition) is 3. The van der Waals surface area contributed by atoms with Gasteiger partial charge in [-0.1, -0.05) is 31.3 Å². The van der Waals surface area contributed by atoms with E-state index in [4.69, 9.17) is 16.0 Å². The summed E-state index contributed by atoms with van der Waals surface area (Å²) in [5.41, 5.74) is 13.8. The summed E-state index contributed by atoms with van der Waals surface area (Å²) in [4.78, 5) is 6.56. The zero-order chi connectivity index (χ0) is 19.4. The van der Waals surface area contributed by atoms with E-state index < -0.39 is 0 Å². The fourth-order valence-corrected chi connectivity index (χ4v) is 4.23. The van der Waals surface area contributed by atoms with Crippen LogP contribution in [0.25, 0.3) is 5.57 Å². The minimum Gasteiger partial charge on any atom is -0.402 e. The first-order valence-corrected chi connectivity index (χ1v) is 10.2. The van der Waals surface area contributed by atoms with Gasteiger partial charge < -0.3 is 26.2 Å². The highest BCUT2D eigenvalue weighted by Gasteiger charge is 2.30. The van der Waals surface area contributed by atoms with Gasteiger partial charge in [-0.3, -0.25) is 0 Å². The maximum atomic E-state index is 6.53. The summed E-state index contributed by atoms with van der Waals surface area (Å²) in [5, 5.41) is 7.80. The standard InChI is InChI=1S/C20H34N6O/c1-13-12-26(10-9-18(13)24-16-7-5-4-6-8-16)19(22)17(11-14(2)21)20-23-15(3)25-27-20/h11,13,16,18,24H,4-10,12,21-22H2,1-3H3/b14-11-,19-17-. The molecule has 0 bridgehead atoms. The molecule has 150 valence electrons. The molecule has 3 rings (SSSR count). The molecule has 2 unspecified atom stereocenters. The number of hydrogen-bond acceptors (Lipinski definition) is 7. The molecule has 2 fully saturated rings. The number of allylic oxidation sites excluding steroid dienone is 3. The number of nitrogens with zero attached hydrogens (tertiary/aromatic N) is 3. The zero-order valence-corrected chi connectivity index (χ0v) is 16.9. The van der Waals surface area contributed by atoms with Crippen molar-refractivity contribution in [1.82, 2.24) is 20.4 Å². The van der Waals surface area contributed by atoms with Gasteiger partial charge in [0.1, 0.15) is 5.82 Å². The first-order valence-electron chi connectivity index (χ1n) is 10.2. The number of aryl methyl sites for hydroxylation is 1. The third-order valence-electron chi connectivity index (χ3n) is 5.71. The van der Waals surface area contributed by atoms with E-state index in [0.29, 0.717) is 46.8 Å². The second-order valence-electron chi connectivity index (χ2n) is 8.15. The number of nitrogens with two attached hydrogens (primary N) is 2. The molecule has 1 aromatic heterocycles. The predicted octanol–water partition coefficient (Wildman–Crippen LogP) is 2.50. The Bertz CT molecular complexity index is 684. The van der Waals surface area contributed by atoms with Crippen LogP contribution in [0.5, 0.6) is 0 Å². The van der Waals surface area contributed by atoms with Crippen molar-refractivity contribution in [2.24, 2.45) is 17.4 Å². The van der Waals surface area contributed by atoms with Crippen LogP contribution in [-0.2, 0) is 0 Å². The number of piperidine rings is 1. The maximum absolute atomic E-state index is 6.53. The molecule has 7 nitrogen and oxygen atoms in total. The van der Waals surface area contributed by atoms with Crippen molar-refractivity contribution < 1.29 is 4.52 Å². The Hall–Kier alpha value is -2.02. The Balaban J connectivity index is 1.71. The molecule has 0 amide bonds. The predicted molar refractivity (Wildman–Crippen MR) is 107 cm³/mol. The van der Waals surface area contributed by atoms with Crippen LogP contribution in [0.3, 0.4) is 0 Å². The van der Waals surface area contributed by atoms with Gasteiger partial charge in [-0.2, -0.15) is 4.98 Å². The van der Waals surface area contributed by atoms with Gasteiger partial charge in [-0.05, 0) is 45.1 Å². The highest BCUT2D eigenvalue weighted by atomic mass is 16.5. The fraction of sp³-hybridized carbons (Fsp3) is 0.700. The molecule has 1 saturated heterocycles. The SMILES string of the molecule is C/C(N)=C/C(=C(\N)N1CCC(NC2CCCCC2)C(C)C1)c1nc(C)no1. The van der Waals surface area contributed by atoms with Gasteiger partial charge in [-0.15, -0.1) is 0 Å². The third-order valence-corrected chi connectivity index (χ3v) is 5.71. The minimum atomic E-state index is 0.421. The minimum absolute atomic E-state index is 0.421. The molecule has 1 aliphatic carbocycles. The number of likely N-dealkylation sites (tertiary alicyclic amines) is 1. The summed E-state index contributed by atoms with van der Waals surface area (Å²) in [6.45, 7) is 7.75. The van der Waals surface area contributed by atoms with E-state index in [9.17, 15) is 0 Å². The first-order chi connectivity index (χ1) is 12.9. The van der Waals surface area contributed by atoms with Gasteiger partial charge in [0.15, 0.2) is 5.82 Å². The van der Waals surface area contributed by atoms with E-state index in [0.717, 1.165) is 19.5 Å². The lowest BCUT2D eigenvalue weighted by molar-refractivity contribution is 0.163. The molecule has 0 radical (unpaired) electrons. The van der Waals surface area contributed by atoms with E-state index >= 15 is 0 Å². The van der Waals surface area contributed by atoms with E-state index in [1.807, 2.05) is 13.0 Å². The van der Waals surface area contributed by atoms with E-state index in [-0.39, 0.29) is 0 Å². The van der Waals surface area contributed by atoms with Gasteiger partial charge in [0, 0.05) is 30.9 Å². The van der Waals surface area contributed by atoms with E-state index in [1.165, 1.54) is 32.1 Å². The molecule has 2 atom stereocenters. The van der Waals surface area contributed by atoms with Crippen LogP contribution >= 0.6 is 0 Å². The molecule has 2 aliphatic rings. The van der Waals surface area contributed by atoms with Crippen LogP contribution in [0.1, 0.15) is 64.1 Å². The van der Waals surface area contributed by atoms with Crippen LogP contribution in [0, 0.1) is 12.8 Å². The van der Waals surface area contributed by atoms with Crippen molar-refractivity contribution >= 4 is 5.57 Å². The maximum Gasteiger partial charge on any atom is 0.261 e. The number of nitrogens with one attached hydrogen (secondary N) is 1. The summed E-state index contributed by atoms with van der Waals surface area (Å²) >= 11 is 0. The van der Waals surface area contributed by atoms with Gasteiger partial charge in [0.25, 0.3) is 5.89 Å². The molecular formula is C20H34N6O. The monoisotopic (exact) mass is 374 g/mol. The number of rotatable bonds is 5. The molecule has 0 aromatic carbocycles. The van der Waals surface area contributed by atoms with Crippen molar-refractivity contribution in [2.45, 2.75) is 71.4 Å². The Morgan fingerprint density at radius 1 is 1.22 bits per heavy atom. The van der Waals surface area contributed by atoms with Crippen molar-refractivity contribution in [3.05, 3.63) is 29.3 Å².